The normalized spacial score (nSPS) is 17.5. The Labute approximate surface area is 155 Å². The van der Waals surface area contributed by atoms with E-state index in [-0.39, 0.29) is 11.9 Å². The molecule has 1 aliphatic heterocycles. The van der Waals surface area contributed by atoms with Crippen molar-refractivity contribution in [1.82, 2.24) is 15.0 Å². The number of piperidine rings is 1. The van der Waals surface area contributed by atoms with Crippen molar-refractivity contribution in [2.75, 3.05) is 48.9 Å². The Bertz CT molecular complexity index is 741. The molecule has 0 bridgehead atoms. The third-order valence-corrected chi connectivity index (χ3v) is 4.86. The van der Waals surface area contributed by atoms with Gasteiger partial charge in [-0.05, 0) is 40.9 Å². The lowest BCUT2D eigenvalue weighted by molar-refractivity contribution is 0.475. The van der Waals surface area contributed by atoms with Crippen LogP contribution in [0, 0.1) is 5.82 Å². The molecule has 0 N–H and O–H groups in total. The molecule has 25 heavy (non-hydrogen) atoms. The monoisotopic (exact) mass is 408 g/mol. The summed E-state index contributed by atoms with van der Waals surface area (Å²) in [6.07, 6.45) is 5.43. The lowest BCUT2D eigenvalue weighted by Gasteiger charge is -2.38. The number of likely N-dealkylation sites (N-methyl/N-ethyl adjacent to an activating group) is 1. The zero-order chi connectivity index (χ0) is 18.0. The molecule has 1 saturated heterocycles. The maximum atomic E-state index is 14.3. The van der Waals surface area contributed by atoms with Gasteiger partial charge in [-0.2, -0.15) is 4.98 Å². The van der Waals surface area contributed by atoms with Gasteiger partial charge in [0.05, 0.1) is 0 Å². The van der Waals surface area contributed by atoms with Gasteiger partial charge in [-0.15, -0.1) is 0 Å². The number of anilines is 3. The summed E-state index contributed by atoms with van der Waals surface area (Å²) in [5.41, 5.74) is 0. The first-order valence-corrected chi connectivity index (χ1v) is 9.04. The highest BCUT2D eigenvalue weighted by molar-refractivity contribution is 9.10. The van der Waals surface area contributed by atoms with E-state index in [0.717, 1.165) is 25.2 Å². The smallest absolute Gasteiger partial charge is 0.226 e. The summed E-state index contributed by atoms with van der Waals surface area (Å²) in [5, 5.41) is 0. The van der Waals surface area contributed by atoms with E-state index in [2.05, 4.69) is 35.8 Å². The molecule has 3 rings (SSSR count). The van der Waals surface area contributed by atoms with Crippen LogP contribution in [0.15, 0.2) is 29.0 Å². The fraction of sp³-hybridized carbons (Fsp3) is 0.471. The molecule has 3 heterocycles. The van der Waals surface area contributed by atoms with Crippen molar-refractivity contribution in [3.63, 3.8) is 0 Å². The Morgan fingerprint density at radius 1 is 1.28 bits per heavy atom. The maximum Gasteiger partial charge on any atom is 0.226 e. The SMILES string of the molecule is CN(C)c1nccc(N(C)C2CCCN(c3ncc(Br)cc3F)C2)n1. The fourth-order valence-corrected chi connectivity index (χ4v) is 3.34. The number of hydrogen-bond acceptors (Lipinski definition) is 6. The van der Waals surface area contributed by atoms with Gasteiger partial charge in [-0.1, -0.05) is 0 Å². The second-order valence-electron chi connectivity index (χ2n) is 6.42. The van der Waals surface area contributed by atoms with Crippen LogP contribution in [0.3, 0.4) is 0 Å². The van der Waals surface area contributed by atoms with E-state index < -0.39 is 0 Å². The zero-order valence-electron chi connectivity index (χ0n) is 14.7. The number of hydrogen-bond donors (Lipinski definition) is 0. The predicted molar refractivity (Wildman–Crippen MR) is 102 cm³/mol. The molecule has 0 radical (unpaired) electrons. The molecule has 0 spiro atoms. The van der Waals surface area contributed by atoms with E-state index >= 15 is 0 Å². The Balaban J connectivity index is 1.77. The lowest BCUT2D eigenvalue weighted by atomic mass is 10.0. The largest absolute Gasteiger partial charge is 0.355 e. The van der Waals surface area contributed by atoms with Crippen molar-refractivity contribution in [3.05, 3.63) is 34.8 Å². The van der Waals surface area contributed by atoms with Crippen molar-refractivity contribution in [2.24, 2.45) is 0 Å². The first kappa shape index (κ1) is 17.8. The van der Waals surface area contributed by atoms with Crippen LogP contribution < -0.4 is 14.7 Å². The Kier molecular flexibility index (Phi) is 5.36. The van der Waals surface area contributed by atoms with Crippen molar-refractivity contribution < 1.29 is 4.39 Å². The summed E-state index contributed by atoms with van der Waals surface area (Å²) in [6, 6.07) is 3.61. The highest BCUT2D eigenvalue weighted by Crippen LogP contribution is 2.26. The number of nitrogens with zero attached hydrogens (tertiary/aromatic N) is 6. The van der Waals surface area contributed by atoms with Gasteiger partial charge < -0.3 is 14.7 Å². The topological polar surface area (TPSA) is 48.4 Å². The maximum absolute atomic E-state index is 14.3. The summed E-state index contributed by atoms with van der Waals surface area (Å²) < 4.78 is 14.9. The van der Waals surface area contributed by atoms with Gasteiger partial charge >= 0.3 is 0 Å². The molecule has 1 aliphatic rings. The van der Waals surface area contributed by atoms with Gasteiger partial charge in [0.25, 0.3) is 0 Å². The molecule has 1 atom stereocenters. The van der Waals surface area contributed by atoms with E-state index in [9.17, 15) is 4.39 Å². The van der Waals surface area contributed by atoms with Crippen molar-refractivity contribution in [1.29, 1.82) is 0 Å². The first-order chi connectivity index (χ1) is 12.0. The van der Waals surface area contributed by atoms with Crippen LogP contribution >= 0.6 is 15.9 Å². The van der Waals surface area contributed by atoms with Gasteiger partial charge in [0, 0.05) is 57.1 Å². The van der Waals surface area contributed by atoms with Crippen LogP contribution in [0.5, 0.6) is 0 Å². The highest BCUT2D eigenvalue weighted by Gasteiger charge is 2.26. The Morgan fingerprint density at radius 2 is 2.08 bits per heavy atom. The van der Waals surface area contributed by atoms with E-state index in [1.54, 1.807) is 12.4 Å². The van der Waals surface area contributed by atoms with E-state index in [1.807, 2.05) is 37.0 Å². The van der Waals surface area contributed by atoms with Crippen molar-refractivity contribution in [3.8, 4) is 0 Å². The van der Waals surface area contributed by atoms with Crippen molar-refractivity contribution in [2.45, 2.75) is 18.9 Å². The van der Waals surface area contributed by atoms with Gasteiger partial charge in [-0.25, -0.2) is 14.4 Å². The first-order valence-electron chi connectivity index (χ1n) is 8.25. The molecule has 1 fully saturated rings. The minimum Gasteiger partial charge on any atom is -0.355 e. The number of pyridine rings is 1. The molecule has 134 valence electrons. The summed E-state index contributed by atoms with van der Waals surface area (Å²) in [5.74, 6) is 1.67. The average molecular weight is 409 g/mol. The van der Waals surface area contributed by atoms with E-state index in [0.29, 0.717) is 22.8 Å². The number of halogens is 2. The van der Waals surface area contributed by atoms with Crippen LogP contribution in [0.4, 0.5) is 22.0 Å². The van der Waals surface area contributed by atoms with E-state index in [1.165, 1.54) is 6.07 Å². The Hall–Kier alpha value is -1.96. The van der Waals surface area contributed by atoms with E-state index in [4.69, 9.17) is 0 Å². The molecular weight excluding hydrogens is 387 g/mol. The van der Waals surface area contributed by atoms with Crippen LogP contribution in [0.2, 0.25) is 0 Å². The number of rotatable bonds is 4. The molecule has 0 aliphatic carbocycles. The number of aromatic nitrogens is 3. The Morgan fingerprint density at radius 3 is 2.80 bits per heavy atom. The summed E-state index contributed by atoms with van der Waals surface area (Å²) >= 11 is 3.26. The minimum atomic E-state index is -0.297. The van der Waals surface area contributed by atoms with Crippen LogP contribution in [0.1, 0.15) is 12.8 Å². The zero-order valence-corrected chi connectivity index (χ0v) is 16.2. The average Bonchev–Trinajstić information content (AvgIpc) is 2.61. The molecule has 2 aromatic rings. The van der Waals surface area contributed by atoms with Gasteiger partial charge in [0.2, 0.25) is 5.95 Å². The molecule has 8 heteroatoms. The van der Waals surface area contributed by atoms with Gasteiger partial charge in [0.1, 0.15) is 5.82 Å². The second kappa shape index (κ2) is 7.51. The highest BCUT2D eigenvalue weighted by atomic mass is 79.9. The minimum absolute atomic E-state index is 0.239. The fourth-order valence-electron chi connectivity index (χ4n) is 3.04. The molecule has 0 saturated carbocycles. The van der Waals surface area contributed by atoms with Crippen LogP contribution in [-0.4, -0.2) is 55.2 Å². The van der Waals surface area contributed by atoms with Gasteiger partial charge in [-0.3, -0.25) is 0 Å². The van der Waals surface area contributed by atoms with Crippen molar-refractivity contribution >= 4 is 33.5 Å². The summed E-state index contributed by atoms with van der Waals surface area (Å²) in [7, 11) is 5.87. The quantitative estimate of drug-likeness (QED) is 0.774. The van der Waals surface area contributed by atoms with Crippen LogP contribution in [-0.2, 0) is 0 Å². The molecule has 0 amide bonds. The predicted octanol–water partition coefficient (Wildman–Crippen LogP) is 2.94. The molecule has 0 aromatic carbocycles. The van der Waals surface area contributed by atoms with Gasteiger partial charge in [0.15, 0.2) is 11.6 Å². The molecular formula is C17H22BrFN6. The molecule has 6 nitrogen and oxygen atoms in total. The standard InChI is InChI=1S/C17H22BrFN6/c1-23(2)17-20-7-6-15(22-17)24(3)13-5-4-8-25(11-13)16-14(19)9-12(18)10-21-16/h6-7,9-10,13H,4-5,8,11H2,1-3H3. The molecule has 2 aromatic heterocycles. The summed E-state index contributed by atoms with van der Waals surface area (Å²) in [6.45, 7) is 1.52. The molecule has 1 unspecified atom stereocenters. The third-order valence-electron chi connectivity index (χ3n) is 4.42. The summed E-state index contributed by atoms with van der Waals surface area (Å²) in [4.78, 5) is 19.2. The second-order valence-corrected chi connectivity index (χ2v) is 7.34. The van der Waals surface area contributed by atoms with Crippen LogP contribution in [0.25, 0.3) is 0 Å². The lowest BCUT2D eigenvalue weighted by Crippen LogP contribution is -2.47. The third kappa shape index (κ3) is 4.00.